The van der Waals surface area contributed by atoms with Crippen molar-refractivity contribution in [2.75, 3.05) is 11.6 Å². The van der Waals surface area contributed by atoms with Gasteiger partial charge in [-0.25, -0.2) is 4.98 Å². The number of imidazole rings is 1. The summed E-state index contributed by atoms with van der Waals surface area (Å²) in [6.45, 7) is 0.488. The van der Waals surface area contributed by atoms with Gasteiger partial charge >= 0.3 is 0 Å². The lowest BCUT2D eigenvalue weighted by atomic mass is 10.1. The summed E-state index contributed by atoms with van der Waals surface area (Å²) in [6, 6.07) is 16.4. The lowest BCUT2D eigenvalue weighted by molar-refractivity contribution is -0.119. The normalized spacial score (nSPS) is 16.1. The minimum absolute atomic E-state index is 0.194. The molecule has 0 radical (unpaired) electrons. The van der Waals surface area contributed by atoms with Crippen molar-refractivity contribution in [1.82, 2.24) is 15.3 Å². The molecule has 0 aliphatic carbocycles. The third kappa shape index (κ3) is 4.11. The fourth-order valence-corrected chi connectivity index (χ4v) is 3.37. The first-order chi connectivity index (χ1) is 14.1. The molecule has 4 rings (SSSR count). The topological polar surface area (TPSA) is 116 Å². The molecule has 0 fully saturated rings. The first-order valence-corrected chi connectivity index (χ1v) is 9.55. The van der Waals surface area contributed by atoms with Gasteiger partial charge in [0.25, 0.3) is 5.91 Å². The van der Waals surface area contributed by atoms with E-state index in [1.807, 2.05) is 54.6 Å². The van der Waals surface area contributed by atoms with Crippen LogP contribution in [0.4, 0.5) is 5.69 Å². The van der Waals surface area contributed by atoms with Crippen LogP contribution >= 0.6 is 0 Å². The highest BCUT2D eigenvalue weighted by molar-refractivity contribution is 6.40. The standard InChI is InChI=1S/C21H22N6O2/c22-20(28)18-13-17(26-27(18)14-7-2-1-3-8-14)21(29)23-12-6-11-19-24-15-9-4-5-10-16(15)25-19/h1-5,7-10,18H,6,11-13H2,(H2,22,28)(H,23,29)(H,24,25). The van der Waals surface area contributed by atoms with E-state index in [-0.39, 0.29) is 12.3 Å². The number of aromatic amines is 1. The Morgan fingerprint density at radius 1 is 1.14 bits per heavy atom. The van der Waals surface area contributed by atoms with E-state index in [1.165, 1.54) is 5.01 Å². The highest BCUT2D eigenvalue weighted by Crippen LogP contribution is 2.24. The molecule has 2 aromatic carbocycles. The number of primary amides is 1. The van der Waals surface area contributed by atoms with E-state index in [0.29, 0.717) is 12.3 Å². The molecule has 148 valence electrons. The quantitative estimate of drug-likeness (QED) is 0.533. The predicted molar refractivity (Wildman–Crippen MR) is 111 cm³/mol. The van der Waals surface area contributed by atoms with E-state index in [0.717, 1.165) is 35.4 Å². The third-order valence-electron chi connectivity index (χ3n) is 4.84. The lowest BCUT2D eigenvalue weighted by Crippen LogP contribution is -2.40. The number of benzene rings is 2. The summed E-state index contributed by atoms with van der Waals surface area (Å²) in [5.74, 6) is 0.104. The summed E-state index contributed by atoms with van der Waals surface area (Å²) < 4.78 is 0. The number of carbonyl (C=O) groups excluding carboxylic acids is 2. The number of amides is 2. The van der Waals surface area contributed by atoms with Gasteiger partial charge in [0, 0.05) is 19.4 Å². The van der Waals surface area contributed by atoms with Gasteiger partial charge in [0.2, 0.25) is 5.91 Å². The molecule has 1 atom stereocenters. The van der Waals surface area contributed by atoms with Crippen molar-refractivity contribution in [3.8, 4) is 0 Å². The van der Waals surface area contributed by atoms with E-state index in [2.05, 4.69) is 20.4 Å². The largest absolute Gasteiger partial charge is 0.368 e. The Balaban J connectivity index is 1.33. The maximum Gasteiger partial charge on any atom is 0.267 e. The Kier molecular flexibility index (Phi) is 5.24. The minimum atomic E-state index is -0.659. The molecule has 0 spiro atoms. The van der Waals surface area contributed by atoms with Gasteiger partial charge in [-0.05, 0) is 30.7 Å². The van der Waals surface area contributed by atoms with E-state index in [4.69, 9.17) is 5.73 Å². The average molecular weight is 390 g/mol. The van der Waals surface area contributed by atoms with Crippen LogP contribution in [0.1, 0.15) is 18.7 Å². The lowest BCUT2D eigenvalue weighted by Gasteiger charge is -2.20. The monoisotopic (exact) mass is 390 g/mol. The zero-order valence-electron chi connectivity index (χ0n) is 15.8. The second kappa shape index (κ2) is 8.14. The van der Waals surface area contributed by atoms with Crippen molar-refractivity contribution in [3.63, 3.8) is 0 Å². The molecule has 3 aromatic rings. The molecule has 2 heterocycles. The molecule has 1 unspecified atom stereocenters. The summed E-state index contributed by atoms with van der Waals surface area (Å²) in [4.78, 5) is 32.1. The zero-order valence-corrected chi connectivity index (χ0v) is 15.8. The summed E-state index contributed by atoms with van der Waals surface area (Å²) in [5, 5.41) is 8.73. The van der Waals surface area contributed by atoms with Crippen LogP contribution in [0.25, 0.3) is 11.0 Å². The number of hydrogen-bond donors (Lipinski definition) is 3. The second-order valence-electron chi connectivity index (χ2n) is 6.91. The van der Waals surface area contributed by atoms with Crippen LogP contribution in [0, 0.1) is 0 Å². The first kappa shape index (κ1) is 18.7. The minimum Gasteiger partial charge on any atom is -0.368 e. The van der Waals surface area contributed by atoms with Crippen LogP contribution in [0.5, 0.6) is 0 Å². The number of carbonyl (C=O) groups is 2. The van der Waals surface area contributed by atoms with Gasteiger partial charge in [-0.15, -0.1) is 0 Å². The number of aromatic nitrogens is 2. The third-order valence-corrected chi connectivity index (χ3v) is 4.84. The van der Waals surface area contributed by atoms with E-state index >= 15 is 0 Å². The van der Waals surface area contributed by atoms with Gasteiger partial charge in [0.15, 0.2) is 0 Å². The molecule has 8 nitrogen and oxygen atoms in total. The highest BCUT2D eigenvalue weighted by Gasteiger charge is 2.34. The molecule has 4 N–H and O–H groups in total. The highest BCUT2D eigenvalue weighted by atomic mass is 16.2. The van der Waals surface area contributed by atoms with Crippen LogP contribution in [-0.4, -0.2) is 40.1 Å². The van der Waals surface area contributed by atoms with Gasteiger partial charge in [-0.1, -0.05) is 30.3 Å². The summed E-state index contributed by atoms with van der Waals surface area (Å²) in [5.41, 5.74) is 8.48. The van der Waals surface area contributed by atoms with Crippen molar-refractivity contribution in [3.05, 3.63) is 60.4 Å². The number of H-pyrrole nitrogens is 1. The van der Waals surface area contributed by atoms with Crippen LogP contribution < -0.4 is 16.1 Å². The molecule has 0 saturated carbocycles. The predicted octanol–water partition coefficient (Wildman–Crippen LogP) is 1.73. The Bertz CT molecular complexity index is 1030. The summed E-state index contributed by atoms with van der Waals surface area (Å²) in [6.07, 6.45) is 1.65. The molecule has 29 heavy (non-hydrogen) atoms. The van der Waals surface area contributed by atoms with Crippen LogP contribution in [0.2, 0.25) is 0 Å². The van der Waals surface area contributed by atoms with Crippen LogP contribution in [0.3, 0.4) is 0 Å². The van der Waals surface area contributed by atoms with Crippen molar-refractivity contribution in [2.24, 2.45) is 10.8 Å². The van der Waals surface area contributed by atoms with E-state index in [9.17, 15) is 9.59 Å². The molecule has 0 bridgehead atoms. The van der Waals surface area contributed by atoms with E-state index < -0.39 is 11.9 Å². The number of para-hydroxylation sites is 3. The van der Waals surface area contributed by atoms with Crippen LogP contribution in [-0.2, 0) is 16.0 Å². The fraction of sp³-hybridized carbons (Fsp3) is 0.238. The maximum atomic E-state index is 12.5. The van der Waals surface area contributed by atoms with Gasteiger partial charge in [-0.3, -0.25) is 14.6 Å². The molecule has 1 aromatic heterocycles. The maximum absolute atomic E-state index is 12.5. The summed E-state index contributed by atoms with van der Waals surface area (Å²) in [7, 11) is 0. The molecular weight excluding hydrogens is 368 g/mol. The Labute approximate surface area is 167 Å². The molecule has 1 aliphatic heterocycles. The van der Waals surface area contributed by atoms with Crippen molar-refractivity contribution in [2.45, 2.75) is 25.3 Å². The number of rotatable bonds is 7. The number of nitrogens with two attached hydrogens (primary N) is 1. The first-order valence-electron chi connectivity index (χ1n) is 9.55. The molecule has 8 heteroatoms. The van der Waals surface area contributed by atoms with Gasteiger partial charge in [-0.2, -0.15) is 5.10 Å². The Morgan fingerprint density at radius 2 is 1.90 bits per heavy atom. The molecule has 2 amide bonds. The molecular formula is C21H22N6O2. The number of anilines is 1. The van der Waals surface area contributed by atoms with Crippen molar-refractivity contribution < 1.29 is 9.59 Å². The summed E-state index contributed by atoms with van der Waals surface area (Å²) >= 11 is 0. The number of hydrogen-bond acceptors (Lipinski definition) is 5. The fourth-order valence-electron chi connectivity index (χ4n) is 3.37. The Morgan fingerprint density at radius 3 is 2.66 bits per heavy atom. The van der Waals surface area contributed by atoms with E-state index in [1.54, 1.807) is 0 Å². The number of hydrazone groups is 1. The number of nitrogens with one attached hydrogen (secondary N) is 2. The van der Waals surface area contributed by atoms with Crippen LogP contribution in [0.15, 0.2) is 59.7 Å². The van der Waals surface area contributed by atoms with Crippen molar-refractivity contribution in [1.29, 1.82) is 0 Å². The van der Waals surface area contributed by atoms with Crippen molar-refractivity contribution >= 4 is 34.2 Å². The Hall–Kier alpha value is -3.68. The van der Waals surface area contributed by atoms with Gasteiger partial charge in [0.05, 0.1) is 16.7 Å². The number of aryl methyl sites for hydroxylation is 1. The van der Waals surface area contributed by atoms with Gasteiger partial charge < -0.3 is 16.0 Å². The zero-order chi connectivity index (χ0) is 20.2. The second-order valence-corrected chi connectivity index (χ2v) is 6.91. The molecule has 0 saturated heterocycles. The number of nitrogens with zero attached hydrogens (tertiary/aromatic N) is 3. The SMILES string of the molecule is NC(=O)C1CC(C(=O)NCCCc2nc3ccccc3[nH]2)=NN1c1ccccc1. The average Bonchev–Trinajstić information content (AvgIpc) is 3.36. The number of fused-ring (bicyclic) bond motifs is 1. The molecule has 1 aliphatic rings. The van der Waals surface area contributed by atoms with Gasteiger partial charge in [0.1, 0.15) is 17.6 Å². The smallest absolute Gasteiger partial charge is 0.267 e.